The number of carbonyl (C=O) groups excluding carboxylic acids is 2. The Kier molecular flexibility index (Phi) is 7.74. The number of hydrogen-bond donors (Lipinski definition) is 3. The number of carbonyl (C=O) groups is 2. The number of hydrogen-bond acceptors (Lipinski definition) is 11. The van der Waals surface area contributed by atoms with E-state index >= 15 is 0 Å². The van der Waals surface area contributed by atoms with E-state index in [0.29, 0.717) is 47.3 Å². The van der Waals surface area contributed by atoms with Gasteiger partial charge in [-0.1, -0.05) is 19.3 Å². The van der Waals surface area contributed by atoms with Gasteiger partial charge in [0.05, 0.1) is 28.7 Å². The number of nitrogens with one attached hydrogen (secondary N) is 2. The third-order valence-electron chi connectivity index (χ3n) is 8.36. The number of anilines is 3. The van der Waals surface area contributed by atoms with Crippen molar-refractivity contribution < 1.29 is 19.5 Å². The number of ether oxygens (including phenoxy) is 1. The molecule has 3 aliphatic rings. The van der Waals surface area contributed by atoms with Crippen LogP contribution >= 0.6 is 0 Å². The molecule has 42 heavy (non-hydrogen) atoms. The Balaban J connectivity index is 1.17. The Morgan fingerprint density at radius 1 is 1.10 bits per heavy atom. The van der Waals surface area contributed by atoms with E-state index in [9.17, 15) is 14.8 Å². The molecule has 0 atom stereocenters. The summed E-state index contributed by atoms with van der Waals surface area (Å²) >= 11 is 0. The third kappa shape index (κ3) is 5.51. The fourth-order valence-corrected chi connectivity index (χ4v) is 6.23. The normalized spacial score (nSPS) is 18.5. The monoisotopic (exact) mass is 573 g/mol. The molecule has 0 aromatic carbocycles. The van der Waals surface area contributed by atoms with Crippen LogP contribution in [0.4, 0.5) is 23.1 Å². The molecular formula is C29H35N9O4. The summed E-state index contributed by atoms with van der Waals surface area (Å²) in [5.41, 5.74) is 2.66. The van der Waals surface area contributed by atoms with E-state index in [0.717, 1.165) is 80.8 Å². The predicted molar refractivity (Wildman–Crippen MR) is 154 cm³/mol. The zero-order valence-electron chi connectivity index (χ0n) is 23.6. The van der Waals surface area contributed by atoms with E-state index in [2.05, 4.69) is 40.4 Å². The Labute approximate surface area is 243 Å². The van der Waals surface area contributed by atoms with Crippen LogP contribution in [0, 0.1) is 6.92 Å². The van der Waals surface area contributed by atoms with Gasteiger partial charge in [0.15, 0.2) is 11.3 Å². The number of amides is 1. The number of rotatable bonds is 8. The molecule has 2 aliphatic heterocycles. The van der Waals surface area contributed by atoms with E-state index in [4.69, 9.17) is 4.74 Å². The minimum absolute atomic E-state index is 0.144. The van der Waals surface area contributed by atoms with E-state index in [1.54, 1.807) is 12.1 Å². The molecular weight excluding hydrogens is 538 g/mol. The molecule has 3 N–H and O–H groups in total. The molecule has 13 nitrogen and oxygen atoms in total. The van der Waals surface area contributed by atoms with Gasteiger partial charge in [-0.3, -0.25) is 14.5 Å². The van der Waals surface area contributed by atoms with E-state index in [-0.39, 0.29) is 5.91 Å². The average molecular weight is 574 g/mol. The van der Waals surface area contributed by atoms with Crippen LogP contribution in [-0.2, 0) is 15.1 Å². The van der Waals surface area contributed by atoms with Gasteiger partial charge < -0.3 is 25.5 Å². The Morgan fingerprint density at radius 2 is 1.90 bits per heavy atom. The van der Waals surface area contributed by atoms with Gasteiger partial charge in [-0.2, -0.15) is 4.73 Å². The Morgan fingerprint density at radius 3 is 2.64 bits per heavy atom. The van der Waals surface area contributed by atoms with E-state index < -0.39 is 5.54 Å². The second-order valence-electron chi connectivity index (χ2n) is 11.0. The molecule has 1 aliphatic carbocycles. The standard InChI is InChI=1S/C29H35N9O4/c1-20-15-25(38(41)27-26(20)28(40)35-29(27)7-3-2-4-8-29)34-24-16-23(31-18-32-24)33-22-6-5-21(17-30-22)37-11-9-36(10-12-37)13-14-42-19-39/h5-6,15-19,41H,2-4,7-14H2,1H3,(H,35,40)(H,30,31,32,33). The lowest BCUT2D eigenvalue weighted by molar-refractivity contribution is -0.129. The highest BCUT2D eigenvalue weighted by Crippen LogP contribution is 2.42. The summed E-state index contributed by atoms with van der Waals surface area (Å²) in [6.07, 6.45) is 7.92. The molecule has 1 amide bonds. The number of aromatic nitrogens is 4. The smallest absolute Gasteiger partial charge is 0.293 e. The number of piperazine rings is 1. The molecule has 13 heteroatoms. The van der Waals surface area contributed by atoms with E-state index in [1.807, 2.05) is 25.3 Å². The Bertz CT molecular complexity index is 1530. The lowest BCUT2D eigenvalue weighted by atomic mass is 9.79. The maximum Gasteiger partial charge on any atom is 0.293 e. The fraction of sp³-hybridized carbons (Fsp3) is 0.448. The van der Waals surface area contributed by atoms with Crippen molar-refractivity contribution in [2.75, 3.05) is 49.5 Å². The van der Waals surface area contributed by atoms with Gasteiger partial charge in [0, 0.05) is 38.8 Å². The van der Waals surface area contributed by atoms with Crippen molar-refractivity contribution in [2.24, 2.45) is 4.99 Å². The molecule has 0 unspecified atom stereocenters. The molecule has 0 radical (unpaired) electrons. The molecule has 5 heterocycles. The van der Waals surface area contributed by atoms with Gasteiger partial charge in [0.1, 0.15) is 24.6 Å². The third-order valence-corrected chi connectivity index (χ3v) is 8.36. The van der Waals surface area contributed by atoms with Gasteiger partial charge >= 0.3 is 0 Å². The van der Waals surface area contributed by atoms with Crippen molar-refractivity contribution in [1.82, 2.24) is 29.9 Å². The second kappa shape index (κ2) is 11.8. The van der Waals surface area contributed by atoms with Crippen molar-refractivity contribution in [3.8, 4) is 0 Å². The van der Waals surface area contributed by atoms with Crippen LogP contribution in [0.2, 0.25) is 0 Å². The molecule has 2 fully saturated rings. The Hall–Kier alpha value is -4.52. The van der Waals surface area contributed by atoms with Gasteiger partial charge in [0.2, 0.25) is 0 Å². The zero-order chi connectivity index (χ0) is 29.1. The van der Waals surface area contributed by atoms with Crippen LogP contribution in [0.15, 0.2) is 41.8 Å². The molecule has 0 bridgehead atoms. The molecule has 1 spiro atoms. The molecule has 3 aromatic rings. The first-order valence-electron chi connectivity index (χ1n) is 14.4. The minimum Gasteiger partial charge on any atom is -0.467 e. The first-order chi connectivity index (χ1) is 20.5. The summed E-state index contributed by atoms with van der Waals surface area (Å²) in [6, 6.07) is 7.31. The van der Waals surface area contributed by atoms with E-state index in [1.165, 1.54) is 6.33 Å². The van der Waals surface area contributed by atoms with Crippen molar-refractivity contribution in [2.45, 2.75) is 44.6 Å². The molecule has 1 saturated heterocycles. The maximum absolute atomic E-state index is 12.8. The summed E-state index contributed by atoms with van der Waals surface area (Å²) in [4.78, 5) is 45.5. The first kappa shape index (κ1) is 27.6. The lowest BCUT2D eigenvalue weighted by Crippen LogP contribution is -2.47. The van der Waals surface area contributed by atoms with Gasteiger partial charge in [0.25, 0.3) is 12.4 Å². The van der Waals surface area contributed by atoms with Gasteiger partial charge in [-0.15, -0.1) is 0 Å². The summed E-state index contributed by atoms with van der Waals surface area (Å²) < 4.78 is 5.86. The van der Waals surface area contributed by atoms with Crippen LogP contribution in [0.5, 0.6) is 0 Å². The highest BCUT2D eigenvalue weighted by atomic mass is 16.5. The van der Waals surface area contributed by atoms with Crippen LogP contribution in [0.1, 0.15) is 53.7 Å². The number of fused-ring (bicyclic) bond motifs is 2. The van der Waals surface area contributed by atoms with Crippen LogP contribution in [0.3, 0.4) is 0 Å². The van der Waals surface area contributed by atoms with Crippen LogP contribution in [0.25, 0.3) is 0 Å². The summed E-state index contributed by atoms with van der Waals surface area (Å²) in [6.45, 7) is 7.02. The quantitative estimate of drug-likeness (QED) is 0.208. The predicted octanol–water partition coefficient (Wildman–Crippen LogP) is 2.39. The van der Waals surface area contributed by atoms with Crippen LogP contribution < -0.4 is 21.0 Å². The maximum atomic E-state index is 12.8. The molecule has 6 rings (SSSR count). The van der Waals surface area contributed by atoms with Crippen molar-refractivity contribution in [3.63, 3.8) is 0 Å². The zero-order valence-corrected chi connectivity index (χ0v) is 23.6. The minimum atomic E-state index is -0.564. The molecule has 1 saturated carbocycles. The van der Waals surface area contributed by atoms with Crippen molar-refractivity contribution in [3.05, 3.63) is 59.1 Å². The SMILES string of the molecule is Cc1cc(=Nc2cc(Nc3ccc(N4CCN(CCOC=O)CC4)cn3)ncn2)n(O)c2c1C(=O)NC21CCCCC1. The fourth-order valence-electron chi connectivity index (χ4n) is 6.23. The largest absolute Gasteiger partial charge is 0.467 e. The molecule has 220 valence electrons. The number of pyridine rings is 2. The second-order valence-corrected chi connectivity index (χ2v) is 11.0. The number of aryl methyl sites for hydroxylation is 1. The topological polar surface area (TPSA) is 150 Å². The van der Waals surface area contributed by atoms with Gasteiger partial charge in [-0.25, -0.2) is 19.9 Å². The van der Waals surface area contributed by atoms with Gasteiger partial charge in [-0.05, 0) is 43.5 Å². The molecule has 3 aromatic heterocycles. The first-order valence-corrected chi connectivity index (χ1v) is 14.4. The van der Waals surface area contributed by atoms with Crippen molar-refractivity contribution >= 4 is 35.5 Å². The van der Waals surface area contributed by atoms with Crippen molar-refractivity contribution in [1.29, 1.82) is 0 Å². The lowest BCUT2D eigenvalue weighted by Gasteiger charge is -2.35. The summed E-state index contributed by atoms with van der Waals surface area (Å²) in [5.74, 6) is 1.35. The average Bonchev–Trinajstić information content (AvgIpc) is 3.28. The highest BCUT2D eigenvalue weighted by Gasteiger charge is 2.47. The number of nitrogens with zero attached hydrogens (tertiary/aromatic N) is 7. The summed E-state index contributed by atoms with van der Waals surface area (Å²) in [7, 11) is 0. The summed E-state index contributed by atoms with van der Waals surface area (Å²) in [5, 5.41) is 17.6. The van der Waals surface area contributed by atoms with Crippen LogP contribution in [-0.4, -0.2) is 81.5 Å². The highest BCUT2D eigenvalue weighted by molar-refractivity contribution is 6.00.